The second-order valence-electron chi connectivity index (χ2n) is 22.7. The van der Waals surface area contributed by atoms with Gasteiger partial charge in [-0.15, -0.1) is 0 Å². The van der Waals surface area contributed by atoms with Gasteiger partial charge in [0.25, 0.3) is 0 Å². The maximum absolute atomic E-state index is 12.9. The Bertz CT molecular complexity index is 1440. The number of ether oxygens (including phenoxy) is 3. The molecule has 6 heteroatoms. The summed E-state index contributed by atoms with van der Waals surface area (Å²) in [5, 5.41) is 0. The van der Waals surface area contributed by atoms with E-state index >= 15 is 0 Å². The fraction of sp³-hybridized carbons (Fsp3) is 0.792. The molecule has 0 aliphatic heterocycles. The van der Waals surface area contributed by atoms with Crippen LogP contribution in [0, 0.1) is 0 Å². The summed E-state index contributed by atoms with van der Waals surface area (Å²) in [6.07, 6.45) is 86.3. The number of carbonyl (C=O) groups is 3. The summed E-state index contributed by atoms with van der Waals surface area (Å²) < 4.78 is 17.0. The van der Waals surface area contributed by atoms with Gasteiger partial charge >= 0.3 is 17.9 Å². The second kappa shape index (κ2) is 66.4. The Labute approximate surface area is 484 Å². The molecule has 1 unspecified atom stereocenters. The summed E-state index contributed by atoms with van der Waals surface area (Å²) in [6, 6.07) is 0. The van der Waals surface area contributed by atoms with E-state index in [1.807, 2.05) is 0 Å². The van der Waals surface area contributed by atoms with Gasteiger partial charge in [-0.3, -0.25) is 14.4 Å². The molecule has 0 aromatic heterocycles. The molecular formula is C72H128O6. The van der Waals surface area contributed by atoms with Crippen molar-refractivity contribution in [2.24, 2.45) is 0 Å². The number of esters is 3. The van der Waals surface area contributed by atoms with Crippen LogP contribution in [0.5, 0.6) is 0 Å². The predicted octanol–water partition coefficient (Wildman–Crippen LogP) is 23.3. The van der Waals surface area contributed by atoms with E-state index in [1.54, 1.807) is 0 Å². The third kappa shape index (κ3) is 63.7. The molecule has 0 bridgehead atoms. The molecule has 0 aromatic carbocycles. The zero-order valence-electron chi connectivity index (χ0n) is 51.9. The van der Waals surface area contributed by atoms with Crippen molar-refractivity contribution in [3.05, 3.63) is 72.9 Å². The molecule has 0 rings (SSSR count). The minimum absolute atomic E-state index is 0.0787. The summed E-state index contributed by atoms with van der Waals surface area (Å²) in [7, 11) is 0. The molecule has 452 valence electrons. The molecule has 0 radical (unpaired) electrons. The van der Waals surface area contributed by atoms with E-state index in [4.69, 9.17) is 14.2 Å². The molecule has 0 aliphatic rings. The molecule has 0 N–H and O–H groups in total. The quantitative estimate of drug-likeness (QED) is 0.0261. The Morgan fingerprint density at radius 1 is 0.256 bits per heavy atom. The highest BCUT2D eigenvalue weighted by molar-refractivity contribution is 5.71. The topological polar surface area (TPSA) is 78.9 Å². The van der Waals surface area contributed by atoms with Gasteiger partial charge in [0, 0.05) is 19.3 Å². The number of allylic oxidation sites excluding steroid dienone is 12. The largest absolute Gasteiger partial charge is 0.462 e. The first-order valence-electron chi connectivity index (χ1n) is 33.9. The van der Waals surface area contributed by atoms with Crippen molar-refractivity contribution in [3.63, 3.8) is 0 Å². The maximum atomic E-state index is 12.9. The zero-order chi connectivity index (χ0) is 56.4. The lowest BCUT2D eigenvalue weighted by Crippen LogP contribution is -2.30. The van der Waals surface area contributed by atoms with E-state index in [0.29, 0.717) is 19.3 Å². The molecule has 0 spiro atoms. The molecule has 0 saturated heterocycles. The smallest absolute Gasteiger partial charge is 0.306 e. The summed E-state index contributed by atoms with van der Waals surface area (Å²) in [4.78, 5) is 38.4. The number of carbonyl (C=O) groups excluding carboxylic acids is 3. The Morgan fingerprint density at radius 3 is 0.756 bits per heavy atom. The van der Waals surface area contributed by atoms with Gasteiger partial charge in [0.2, 0.25) is 0 Å². The highest BCUT2D eigenvalue weighted by Gasteiger charge is 2.19. The van der Waals surface area contributed by atoms with E-state index in [9.17, 15) is 14.4 Å². The van der Waals surface area contributed by atoms with Gasteiger partial charge in [-0.2, -0.15) is 0 Å². The monoisotopic (exact) mass is 1090 g/mol. The van der Waals surface area contributed by atoms with Crippen LogP contribution in [0.4, 0.5) is 0 Å². The maximum Gasteiger partial charge on any atom is 0.306 e. The number of hydrogen-bond acceptors (Lipinski definition) is 6. The van der Waals surface area contributed by atoms with Gasteiger partial charge < -0.3 is 14.2 Å². The van der Waals surface area contributed by atoms with Crippen LogP contribution >= 0.6 is 0 Å². The van der Waals surface area contributed by atoms with Crippen molar-refractivity contribution in [1.82, 2.24) is 0 Å². The van der Waals surface area contributed by atoms with Crippen LogP contribution in [0.3, 0.4) is 0 Å². The summed E-state index contributed by atoms with van der Waals surface area (Å²) >= 11 is 0. The lowest BCUT2D eigenvalue weighted by atomic mass is 10.0. The number of hydrogen-bond donors (Lipinski definition) is 0. The van der Waals surface area contributed by atoms with E-state index in [2.05, 4.69) is 93.7 Å². The van der Waals surface area contributed by atoms with E-state index in [0.717, 1.165) is 83.5 Å². The fourth-order valence-corrected chi connectivity index (χ4v) is 9.77. The average Bonchev–Trinajstić information content (AvgIpc) is 3.44. The van der Waals surface area contributed by atoms with Crippen molar-refractivity contribution < 1.29 is 28.6 Å². The highest BCUT2D eigenvalue weighted by Crippen LogP contribution is 2.17. The van der Waals surface area contributed by atoms with Crippen molar-refractivity contribution in [3.8, 4) is 0 Å². The Balaban J connectivity index is 4.29. The van der Waals surface area contributed by atoms with E-state index in [-0.39, 0.29) is 31.1 Å². The standard InChI is InChI=1S/C72H128O6/c1-4-7-10-13-16-19-22-25-28-30-32-33-34-35-36-37-38-39-41-42-44-47-50-53-56-59-62-65-71(74)77-68-69(67-76-70(73)64-61-58-55-52-49-46-27-24-21-18-15-12-9-6-3)78-72(75)66-63-60-57-54-51-48-45-43-40-31-29-26-23-20-17-14-11-8-5-2/h17,20,22,24-27,29-30,32,34-35,69H,4-16,18-19,21,23,28,31,33,36-68H2,1-3H3/b20-17-,25-22-,27-24-,29-26-,32-30-,35-34-. The predicted molar refractivity (Wildman–Crippen MR) is 339 cm³/mol. The average molecular weight is 1090 g/mol. The molecule has 1 atom stereocenters. The van der Waals surface area contributed by atoms with Crippen LogP contribution in [0.2, 0.25) is 0 Å². The minimum Gasteiger partial charge on any atom is -0.462 e. The van der Waals surface area contributed by atoms with Crippen LogP contribution in [-0.4, -0.2) is 37.2 Å². The molecule has 0 heterocycles. The first kappa shape index (κ1) is 74.8. The molecular weight excluding hydrogens is 961 g/mol. The first-order valence-corrected chi connectivity index (χ1v) is 33.9. The summed E-state index contributed by atoms with van der Waals surface area (Å²) in [5.41, 5.74) is 0. The third-order valence-electron chi connectivity index (χ3n) is 14.9. The molecule has 0 aromatic rings. The van der Waals surface area contributed by atoms with Crippen molar-refractivity contribution in [1.29, 1.82) is 0 Å². The summed E-state index contributed by atoms with van der Waals surface area (Å²) in [6.45, 7) is 6.62. The minimum atomic E-state index is -0.783. The fourth-order valence-electron chi connectivity index (χ4n) is 9.77. The van der Waals surface area contributed by atoms with Gasteiger partial charge in [-0.25, -0.2) is 0 Å². The van der Waals surface area contributed by atoms with Gasteiger partial charge in [0.05, 0.1) is 0 Å². The molecule has 0 amide bonds. The number of rotatable bonds is 62. The lowest BCUT2D eigenvalue weighted by Gasteiger charge is -2.18. The third-order valence-corrected chi connectivity index (χ3v) is 14.9. The normalized spacial score (nSPS) is 12.5. The molecule has 0 saturated carbocycles. The first-order chi connectivity index (χ1) is 38.5. The molecule has 78 heavy (non-hydrogen) atoms. The van der Waals surface area contributed by atoms with Crippen LogP contribution in [0.15, 0.2) is 72.9 Å². The van der Waals surface area contributed by atoms with Crippen LogP contribution in [-0.2, 0) is 28.6 Å². The van der Waals surface area contributed by atoms with Crippen LogP contribution < -0.4 is 0 Å². The van der Waals surface area contributed by atoms with Crippen molar-refractivity contribution in [2.75, 3.05) is 13.2 Å². The van der Waals surface area contributed by atoms with E-state index < -0.39 is 6.10 Å². The van der Waals surface area contributed by atoms with E-state index in [1.165, 1.54) is 225 Å². The SMILES string of the molecule is CCCCC/C=C\C/C=C\CCCCCCCCCCCC(=O)OC(COC(=O)CCCCCCC/C=C\CCCCCCC)COC(=O)CCCCCCCCCCCCCC/C=C\C/C=C\C/C=C\CCCCCCC. The van der Waals surface area contributed by atoms with Crippen LogP contribution in [0.25, 0.3) is 0 Å². The Kier molecular flexibility index (Phi) is 63.7. The van der Waals surface area contributed by atoms with Gasteiger partial charge in [0.15, 0.2) is 6.10 Å². The lowest BCUT2D eigenvalue weighted by molar-refractivity contribution is -0.167. The number of unbranched alkanes of at least 4 members (excludes halogenated alkanes) is 39. The Hall–Kier alpha value is -3.15. The van der Waals surface area contributed by atoms with Gasteiger partial charge in [0.1, 0.15) is 13.2 Å². The zero-order valence-corrected chi connectivity index (χ0v) is 51.9. The molecule has 6 nitrogen and oxygen atoms in total. The molecule has 0 fully saturated rings. The van der Waals surface area contributed by atoms with Crippen LogP contribution in [0.1, 0.15) is 348 Å². The highest BCUT2D eigenvalue weighted by atomic mass is 16.6. The Morgan fingerprint density at radius 2 is 0.462 bits per heavy atom. The van der Waals surface area contributed by atoms with Gasteiger partial charge in [-0.1, -0.05) is 286 Å². The van der Waals surface area contributed by atoms with Crippen molar-refractivity contribution >= 4 is 17.9 Å². The summed E-state index contributed by atoms with van der Waals surface area (Å²) in [5.74, 6) is -0.877. The second-order valence-corrected chi connectivity index (χ2v) is 22.7. The van der Waals surface area contributed by atoms with Crippen molar-refractivity contribution in [2.45, 2.75) is 354 Å². The van der Waals surface area contributed by atoms with Gasteiger partial charge in [-0.05, 0) is 116 Å². The molecule has 0 aliphatic carbocycles.